The molecule has 3 N–H and O–H groups in total. The van der Waals surface area contributed by atoms with E-state index in [1.165, 1.54) is 22.2 Å². The second kappa shape index (κ2) is 11.1. The first kappa shape index (κ1) is 25.5. The summed E-state index contributed by atoms with van der Waals surface area (Å²) in [6.45, 7) is -0.157. The van der Waals surface area contributed by atoms with Gasteiger partial charge in [-0.3, -0.25) is 14.0 Å². The lowest BCUT2D eigenvalue weighted by molar-refractivity contribution is 0.102. The Labute approximate surface area is 214 Å². The van der Waals surface area contributed by atoms with Crippen LogP contribution in [0.2, 0.25) is 0 Å². The molecule has 0 aromatic carbocycles. The number of rotatable bonds is 8. The van der Waals surface area contributed by atoms with Crippen molar-refractivity contribution < 1.29 is 27.9 Å². The molecular formula is C22H22F2N7O4PS. The normalized spacial score (nSPS) is 14.4. The summed E-state index contributed by atoms with van der Waals surface area (Å²) < 4.78 is 36.2. The van der Waals surface area contributed by atoms with Gasteiger partial charge in [-0.2, -0.15) is 14.6 Å². The number of carbonyl (C=O) groups is 1. The Hall–Kier alpha value is -3.16. The van der Waals surface area contributed by atoms with E-state index in [0.717, 1.165) is 44.2 Å². The van der Waals surface area contributed by atoms with Crippen molar-refractivity contribution >= 4 is 31.5 Å². The Morgan fingerprint density at radius 1 is 1.16 bits per heavy atom. The summed E-state index contributed by atoms with van der Waals surface area (Å²) in [4.78, 5) is 38.9. The van der Waals surface area contributed by atoms with Gasteiger partial charge in [-0.25, -0.2) is 19.0 Å². The van der Waals surface area contributed by atoms with Crippen LogP contribution in [0.1, 0.15) is 48.6 Å². The molecule has 194 valence electrons. The molecule has 1 aliphatic rings. The Morgan fingerprint density at radius 3 is 2.76 bits per heavy atom. The quantitative estimate of drug-likeness (QED) is 0.216. The number of anilines is 1. The van der Waals surface area contributed by atoms with Gasteiger partial charge in [0.2, 0.25) is 5.95 Å². The van der Waals surface area contributed by atoms with Gasteiger partial charge in [0, 0.05) is 23.3 Å². The number of aromatic nitrogens is 6. The molecular weight excluding hydrogens is 527 g/mol. The third kappa shape index (κ3) is 5.89. The van der Waals surface area contributed by atoms with E-state index in [1.807, 2.05) is 0 Å². The minimum atomic E-state index is -2.51. The summed E-state index contributed by atoms with van der Waals surface area (Å²) in [7, 11) is -2.51. The highest BCUT2D eigenvalue weighted by Crippen LogP contribution is 2.34. The highest BCUT2D eigenvalue weighted by molar-refractivity contribution is 7.39. The second-order valence-corrected chi connectivity index (χ2v) is 10.0. The molecule has 37 heavy (non-hydrogen) atoms. The van der Waals surface area contributed by atoms with Gasteiger partial charge in [-0.1, -0.05) is 19.3 Å². The zero-order valence-corrected chi connectivity index (χ0v) is 21.0. The first-order chi connectivity index (χ1) is 17.9. The predicted octanol–water partition coefficient (Wildman–Crippen LogP) is 4.49. The molecule has 0 saturated heterocycles. The van der Waals surface area contributed by atoms with Gasteiger partial charge in [0.25, 0.3) is 5.91 Å². The van der Waals surface area contributed by atoms with E-state index in [-0.39, 0.29) is 35.5 Å². The molecule has 1 amide bonds. The Bertz CT molecular complexity index is 1400. The molecule has 0 bridgehead atoms. The highest BCUT2D eigenvalue weighted by atomic mass is 32.1. The summed E-state index contributed by atoms with van der Waals surface area (Å²) in [6, 6.07) is 1.99. The van der Waals surface area contributed by atoms with Crippen LogP contribution in [0.3, 0.4) is 0 Å². The third-order valence-electron chi connectivity index (χ3n) is 5.89. The number of amides is 1. The van der Waals surface area contributed by atoms with Crippen molar-refractivity contribution in [3.05, 3.63) is 53.6 Å². The van der Waals surface area contributed by atoms with Gasteiger partial charge >= 0.3 is 8.60 Å². The van der Waals surface area contributed by atoms with Crippen LogP contribution in [0.25, 0.3) is 22.0 Å². The van der Waals surface area contributed by atoms with Crippen LogP contribution >= 0.6 is 19.9 Å². The Balaban J connectivity index is 1.39. The maximum absolute atomic E-state index is 14.6. The SMILES string of the molecule is O=C(Nc1cn(C2CCCCC2)nc1-c1nc(F)ccc1F)c1csc(-c2cnn(COP(O)O)c2)n1. The highest BCUT2D eigenvalue weighted by Gasteiger charge is 2.24. The molecule has 4 heterocycles. The van der Waals surface area contributed by atoms with Gasteiger partial charge in [0.1, 0.15) is 28.8 Å². The molecule has 1 fully saturated rings. The lowest BCUT2D eigenvalue weighted by Crippen LogP contribution is -2.14. The number of hydrogen-bond donors (Lipinski definition) is 3. The fraction of sp³-hybridized carbons (Fsp3) is 0.318. The fourth-order valence-corrected chi connectivity index (χ4v) is 5.12. The predicted molar refractivity (Wildman–Crippen MR) is 131 cm³/mol. The van der Waals surface area contributed by atoms with Gasteiger partial charge in [-0.15, -0.1) is 11.3 Å². The van der Waals surface area contributed by atoms with Gasteiger partial charge in [0.05, 0.1) is 17.9 Å². The minimum absolute atomic E-state index is 0.0420. The lowest BCUT2D eigenvalue weighted by Gasteiger charge is -2.21. The average Bonchev–Trinajstić information content (AvgIpc) is 3.64. The van der Waals surface area contributed by atoms with Gasteiger partial charge in [0.15, 0.2) is 5.82 Å². The van der Waals surface area contributed by atoms with Crippen LogP contribution < -0.4 is 5.32 Å². The summed E-state index contributed by atoms with van der Waals surface area (Å²) in [5, 5.41) is 13.3. The standard InChI is InChI=1S/C22H22F2N7O4PS/c23-15-6-7-18(24)28-19(15)20-16(10-31(29-20)14-4-2-1-3-5-14)26-21(32)17-11-37-22(27-17)13-8-25-30(9-13)12-35-36(33)34/h6-11,14,33-34H,1-5,12H2,(H,26,32). The van der Waals surface area contributed by atoms with Crippen LogP contribution in [0, 0.1) is 11.8 Å². The smallest absolute Gasteiger partial charge is 0.328 e. The maximum Gasteiger partial charge on any atom is 0.328 e. The average molecular weight is 550 g/mol. The van der Waals surface area contributed by atoms with Crippen LogP contribution in [0.15, 0.2) is 36.1 Å². The Morgan fingerprint density at radius 2 is 1.97 bits per heavy atom. The van der Waals surface area contributed by atoms with Crippen molar-refractivity contribution in [3.63, 3.8) is 0 Å². The summed E-state index contributed by atoms with van der Waals surface area (Å²) in [6.07, 6.45) is 9.75. The number of nitrogens with one attached hydrogen (secondary N) is 1. The van der Waals surface area contributed by atoms with Crippen molar-refractivity contribution in [2.45, 2.75) is 44.9 Å². The van der Waals surface area contributed by atoms with Crippen molar-refractivity contribution in [1.29, 1.82) is 0 Å². The van der Waals surface area contributed by atoms with E-state index < -0.39 is 26.3 Å². The van der Waals surface area contributed by atoms with Crippen molar-refractivity contribution in [2.75, 3.05) is 5.32 Å². The number of nitrogens with zero attached hydrogens (tertiary/aromatic N) is 6. The number of hydrogen-bond acceptors (Lipinski definition) is 9. The maximum atomic E-state index is 14.6. The van der Waals surface area contributed by atoms with E-state index in [0.29, 0.717) is 10.6 Å². The molecule has 0 spiro atoms. The van der Waals surface area contributed by atoms with Gasteiger partial charge in [-0.05, 0) is 25.0 Å². The largest absolute Gasteiger partial charge is 0.328 e. The van der Waals surface area contributed by atoms with Crippen molar-refractivity contribution in [2.24, 2.45) is 0 Å². The van der Waals surface area contributed by atoms with E-state index in [4.69, 9.17) is 14.3 Å². The van der Waals surface area contributed by atoms with E-state index in [1.54, 1.807) is 22.5 Å². The first-order valence-corrected chi connectivity index (χ1v) is 13.4. The van der Waals surface area contributed by atoms with Crippen LogP contribution in [0.4, 0.5) is 14.5 Å². The first-order valence-electron chi connectivity index (χ1n) is 11.4. The molecule has 1 saturated carbocycles. The zero-order chi connectivity index (χ0) is 25.9. The van der Waals surface area contributed by atoms with Crippen LogP contribution in [-0.2, 0) is 11.3 Å². The number of halogens is 2. The zero-order valence-electron chi connectivity index (χ0n) is 19.3. The molecule has 11 nitrogen and oxygen atoms in total. The molecule has 15 heteroatoms. The fourth-order valence-electron chi connectivity index (χ4n) is 4.13. The molecule has 0 aliphatic heterocycles. The minimum Gasteiger partial charge on any atom is -0.328 e. The number of pyridine rings is 1. The molecule has 0 radical (unpaired) electrons. The Kier molecular flexibility index (Phi) is 7.63. The van der Waals surface area contributed by atoms with Crippen LogP contribution in [-0.4, -0.2) is 45.2 Å². The molecule has 4 aromatic rings. The van der Waals surface area contributed by atoms with Crippen molar-refractivity contribution in [3.8, 4) is 22.0 Å². The molecule has 4 aromatic heterocycles. The summed E-state index contributed by atoms with van der Waals surface area (Å²) in [5.74, 6) is -2.16. The van der Waals surface area contributed by atoms with E-state index >= 15 is 0 Å². The molecule has 0 atom stereocenters. The lowest BCUT2D eigenvalue weighted by atomic mass is 9.96. The molecule has 5 rings (SSSR count). The summed E-state index contributed by atoms with van der Waals surface area (Å²) in [5.41, 5.74) is 0.678. The topological polar surface area (TPSA) is 140 Å². The second-order valence-electron chi connectivity index (χ2n) is 8.40. The van der Waals surface area contributed by atoms with Gasteiger partial charge < -0.3 is 15.1 Å². The summed E-state index contributed by atoms with van der Waals surface area (Å²) >= 11 is 1.21. The van der Waals surface area contributed by atoms with Crippen LogP contribution in [0.5, 0.6) is 0 Å². The van der Waals surface area contributed by atoms with E-state index in [2.05, 4.69) is 25.5 Å². The van der Waals surface area contributed by atoms with E-state index in [9.17, 15) is 13.6 Å². The molecule has 1 aliphatic carbocycles. The number of carbonyl (C=O) groups excluding carboxylic acids is 1. The number of thiazole rings is 1. The van der Waals surface area contributed by atoms with Crippen molar-refractivity contribution in [1.82, 2.24) is 29.5 Å². The third-order valence-corrected chi connectivity index (χ3v) is 7.13. The molecule has 0 unspecified atom stereocenters. The monoisotopic (exact) mass is 549 g/mol.